The van der Waals surface area contributed by atoms with Crippen LogP contribution in [-0.2, 0) is 11.3 Å². The summed E-state index contributed by atoms with van der Waals surface area (Å²) >= 11 is 0. The highest BCUT2D eigenvalue weighted by molar-refractivity contribution is 5.31. The van der Waals surface area contributed by atoms with E-state index in [1.165, 1.54) is 0 Å². The molecule has 0 radical (unpaired) electrons. The van der Waals surface area contributed by atoms with Gasteiger partial charge in [0.15, 0.2) is 0 Å². The zero-order chi connectivity index (χ0) is 9.52. The summed E-state index contributed by atoms with van der Waals surface area (Å²) in [6, 6.07) is 9.41. The molecular formula is C11H11NO. The summed E-state index contributed by atoms with van der Waals surface area (Å²) in [5.74, 6) is 0. The van der Waals surface area contributed by atoms with E-state index < -0.39 is 0 Å². The molecule has 0 saturated carbocycles. The third-order valence-corrected chi connectivity index (χ3v) is 1.59. The highest BCUT2D eigenvalue weighted by Gasteiger charge is 1.92. The van der Waals surface area contributed by atoms with Crippen LogP contribution in [0.1, 0.15) is 11.1 Å². The van der Waals surface area contributed by atoms with E-state index in [4.69, 9.17) is 10.00 Å². The molecule has 0 heterocycles. The Balaban J connectivity index is 2.50. The van der Waals surface area contributed by atoms with Gasteiger partial charge in [-0.05, 0) is 17.7 Å². The maximum absolute atomic E-state index is 8.55. The van der Waals surface area contributed by atoms with Gasteiger partial charge in [-0.1, -0.05) is 18.2 Å². The molecule has 0 atom stereocenters. The van der Waals surface area contributed by atoms with E-state index >= 15 is 0 Å². The highest BCUT2D eigenvalue weighted by atomic mass is 16.5. The van der Waals surface area contributed by atoms with Crippen molar-refractivity contribution in [2.24, 2.45) is 0 Å². The quantitative estimate of drug-likeness (QED) is 0.517. The zero-order valence-electron chi connectivity index (χ0n) is 7.36. The molecule has 0 bridgehead atoms. The lowest BCUT2D eigenvalue weighted by Crippen LogP contribution is -1.92. The summed E-state index contributed by atoms with van der Waals surface area (Å²) in [5.41, 5.74) is 1.74. The number of nitriles is 1. The van der Waals surface area contributed by atoms with E-state index in [1.54, 1.807) is 18.2 Å². The van der Waals surface area contributed by atoms with E-state index in [9.17, 15) is 0 Å². The van der Waals surface area contributed by atoms with Crippen LogP contribution in [0, 0.1) is 11.3 Å². The van der Waals surface area contributed by atoms with Gasteiger partial charge in [-0.2, -0.15) is 5.26 Å². The Hall–Kier alpha value is -1.59. The summed E-state index contributed by atoms with van der Waals surface area (Å²) in [6.07, 6.45) is 1.71. The van der Waals surface area contributed by atoms with Gasteiger partial charge in [0.05, 0.1) is 24.8 Å². The number of ether oxygens (including phenoxy) is 1. The van der Waals surface area contributed by atoms with E-state index in [1.807, 2.05) is 12.1 Å². The van der Waals surface area contributed by atoms with Gasteiger partial charge in [0, 0.05) is 0 Å². The molecule has 0 fully saturated rings. The van der Waals surface area contributed by atoms with Gasteiger partial charge in [-0.3, -0.25) is 0 Å². The molecule has 1 rings (SSSR count). The van der Waals surface area contributed by atoms with Gasteiger partial charge in [-0.15, -0.1) is 6.58 Å². The van der Waals surface area contributed by atoms with Crippen molar-refractivity contribution < 1.29 is 4.74 Å². The molecule has 1 aromatic rings. The lowest BCUT2D eigenvalue weighted by molar-refractivity contribution is 0.149. The molecule has 2 heteroatoms. The standard InChI is InChI=1S/C11H11NO/c1-2-7-13-9-11-5-3-10(8-12)4-6-11/h2-6H,1,7,9H2. The number of hydrogen-bond acceptors (Lipinski definition) is 2. The van der Waals surface area contributed by atoms with Crippen molar-refractivity contribution in [2.75, 3.05) is 6.61 Å². The van der Waals surface area contributed by atoms with Gasteiger partial charge >= 0.3 is 0 Å². The second-order valence-electron chi connectivity index (χ2n) is 2.61. The first kappa shape index (κ1) is 9.50. The monoisotopic (exact) mass is 173 g/mol. The van der Waals surface area contributed by atoms with Crippen molar-refractivity contribution in [3.63, 3.8) is 0 Å². The molecule has 2 nitrogen and oxygen atoms in total. The summed E-state index contributed by atoms with van der Waals surface area (Å²) in [7, 11) is 0. The van der Waals surface area contributed by atoms with Crippen molar-refractivity contribution in [1.82, 2.24) is 0 Å². The summed E-state index contributed by atoms with van der Waals surface area (Å²) in [4.78, 5) is 0. The Bertz CT molecular complexity index is 308. The van der Waals surface area contributed by atoms with E-state index in [0.717, 1.165) is 5.56 Å². The predicted octanol–water partition coefficient (Wildman–Crippen LogP) is 2.26. The minimum Gasteiger partial charge on any atom is -0.373 e. The molecule has 0 saturated heterocycles. The first-order chi connectivity index (χ1) is 6.36. The second-order valence-corrected chi connectivity index (χ2v) is 2.61. The van der Waals surface area contributed by atoms with Gasteiger partial charge in [0.25, 0.3) is 0 Å². The van der Waals surface area contributed by atoms with Gasteiger partial charge in [0.2, 0.25) is 0 Å². The molecule has 0 spiro atoms. The summed E-state index contributed by atoms with van der Waals surface area (Å²) < 4.78 is 5.24. The van der Waals surface area contributed by atoms with Crippen LogP contribution in [0.25, 0.3) is 0 Å². The lowest BCUT2D eigenvalue weighted by Gasteiger charge is -2.00. The van der Waals surface area contributed by atoms with Crippen molar-refractivity contribution in [2.45, 2.75) is 6.61 Å². The molecule has 0 unspecified atom stereocenters. The minimum absolute atomic E-state index is 0.556. The maximum atomic E-state index is 8.55. The second kappa shape index (κ2) is 5.13. The molecule has 0 aliphatic carbocycles. The Labute approximate surface area is 78.1 Å². The van der Waals surface area contributed by atoms with Crippen LogP contribution in [0.2, 0.25) is 0 Å². The molecule has 13 heavy (non-hydrogen) atoms. The van der Waals surface area contributed by atoms with E-state index in [-0.39, 0.29) is 0 Å². The average Bonchev–Trinajstić information content (AvgIpc) is 2.19. The van der Waals surface area contributed by atoms with Crippen LogP contribution in [0.5, 0.6) is 0 Å². The Morgan fingerprint density at radius 2 is 2.08 bits per heavy atom. The topological polar surface area (TPSA) is 33.0 Å². The van der Waals surface area contributed by atoms with Crippen LogP contribution >= 0.6 is 0 Å². The fourth-order valence-corrected chi connectivity index (χ4v) is 0.936. The molecule has 66 valence electrons. The molecule has 0 aromatic heterocycles. The SMILES string of the molecule is C=CCOCc1ccc(C#N)cc1. The van der Waals surface area contributed by atoms with Gasteiger partial charge in [-0.25, -0.2) is 0 Å². The normalized spacial score (nSPS) is 9.15. The highest BCUT2D eigenvalue weighted by Crippen LogP contribution is 2.04. The molecule has 0 aliphatic heterocycles. The Morgan fingerprint density at radius 3 is 2.62 bits per heavy atom. The predicted molar refractivity (Wildman–Crippen MR) is 51.0 cm³/mol. The molecule has 1 aromatic carbocycles. The van der Waals surface area contributed by atoms with E-state index in [0.29, 0.717) is 18.8 Å². The van der Waals surface area contributed by atoms with Crippen molar-refractivity contribution in [3.05, 3.63) is 48.0 Å². The maximum Gasteiger partial charge on any atom is 0.0991 e. The van der Waals surface area contributed by atoms with Crippen LogP contribution < -0.4 is 0 Å². The smallest absolute Gasteiger partial charge is 0.0991 e. The minimum atomic E-state index is 0.556. The van der Waals surface area contributed by atoms with Crippen LogP contribution in [-0.4, -0.2) is 6.61 Å². The Kier molecular flexibility index (Phi) is 3.74. The van der Waals surface area contributed by atoms with Crippen LogP contribution in [0.3, 0.4) is 0 Å². The van der Waals surface area contributed by atoms with E-state index in [2.05, 4.69) is 12.6 Å². The van der Waals surface area contributed by atoms with Gasteiger partial charge < -0.3 is 4.74 Å². The lowest BCUT2D eigenvalue weighted by atomic mass is 10.2. The fourth-order valence-electron chi connectivity index (χ4n) is 0.936. The zero-order valence-corrected chi connectivity index (χ0v) is 7.36. The number of benzene rings is 1. The average molecular weight is 173 g/mol. The molecule has 0 aliphatic rings. The van der Waals surface area contributed by atoms with Crippen LogP contribution in [0.4, 0.5) is 0 Å². The molecular weight excluding hydrogens is 162 g/mol. The van der Waals surface area contributed by atoms with Crippen LogP contribution in [0.15, 0.2) is 36.9 Å². The summed E-state index contributed by atoms with van der Waals surface area (Å²) in [6.45, 7) is 4.67. The largest absolute Gasteiger partial charge is 0.373 e. The number of hydrogen-bond donors (Lipinski definition) is 0. The van der Waals surface area contributed by atoms with Crippen molar-refractivity contribution in [3.8, 4) is 6.07 Å². The Morgan fingerprint density at radius 1 is 1.38 bits per heavy atom. The van der Waals surface area contributed by atoms with Crippen molar-refractivity contribution >= 4 is 0 Å². The number of rotatable bonds is 4. The molecule has 0 N–H and O–H groups in total. The first-order valence-corrected chi connectivity index (χ1v) is 4.04. The fraction of sp³-hybridized carbons (Fsp3) is 0.182. The van der Waals surface area contributed by atoms with Crippen molar-refractivity contribution in [1.29, 1.82) is 5.26 Å². The third kappa shape index (κ3) is 3.10. The summed E-state index contributed by atoms with van der Waals surface area (Å²) in [5, 5.41) is 8.55. The first-order valence-electron chi connectivity index (χ1n) is 4.04. The van der Waals surface area contributed by atoms with Gasteiger partial charge in [0.1, 0.15) is 0 Å². The number of nitrogens with zero attached hydrogens (tertiary/aromatic N) is 1. The third-order valence-electron chi connectivity index (χ3n) is 1.59. The molecule has 0 amide bonds.